The van der Waals surface area contributed by atoms with Crippen LogP contribution < -0.4 is 11.2 Å². The van der Waals surface area contributed by atoms with Crippen molar-refractivity contribution < 1.29 is 4.74 Å². The van der Waals surface area contributed by atoms with Gasteiger partial charge in [0.05, 0.1) is 0 Å². The predicted molar refractivity (Wildman–Crippen MR) is 151 cm³/mol. The zero-order chi connectivity index (χ0) is 27.8. The maximum Gasteiger partial charge on any atom is 0.334 e. The van der Waals surface area contributed by atoms with E-state index in [1.54, 1.807) is 14.0 Å². The molecule has 206 valence electrons. The third-order valence-corrected chi connectivity index (χ3v) is 8.00. The first-order valence-electron chi connectivity index (χ1n) is 13.6. The number of hydrogen-bond donors (Lipinski definition) is 1. The van der Waals surface area contributed by atoms with Crippen LogP contribution in [0.2, 0.25) is 0 Å². The fourth-order valence-corrected chi connectivity index (χ4v) is 5.79. The van der Waals surface area contributed by atoms with Crippen molar-refractivity contribution in [2.75, 3.05) is 7.11 Å². The number of fused-ring (bicyclic) bond motifs is 1. The summed E-state index contributed by atoms with van der Waals surface area (Å²) in [4.78, 5) is 31.8. The Morgan fingerprint density at radius 2 is 1.75 bits per heavy atom. The second-order valence-corrected chi connectivity index (χ2v) is 10.4. The minimum absolute atomic E-state index is 0.241. The van der Waals surface area contributed by atoms with Gasteiger partial charge >= 0.3 is 5.69 Å². The van der Waals surface area contributed by atoms with Crippen LogP contribution in [-0.4, -0.2) is 46.4 Å². The Bertz CT molecular complexity index is 1760. The van der Waals surface area contributed by atoms with E-state index in [1.807, 2.05) is 28.8 Å². The first kappa shape index (κ1) is 25.9. The number of H-pyrrole nitrogens is 1. The Balaban J connectivity index is 1.45. The van der Waals surface area contributed by atoms with E-state index < -0.39 is 11.9 Å². The Morgan fingerprint density at radius 3 is 2.42 bits per heavy atom. The van der Waals surface area contributed by atoms with Crippen LogP contribution in [0.25, 0.3) is 33.7 Å². The number of ether oxygens (including phenoxy) is 1. The summed E-state index contributed by atoms with van der Waals surface area (Å²) in [7, 11) is 3.16. The molecular formula is C29H32N8O3. The van der Waals surface area contributed by atoms with E-state index in [1.165, 1.54) is 22.7 Å². The highest BCUT2D eigenvalue weighted by Crippen LogP contribution is 2.34. The average molecular weight is 541 g/mol. The molecular weight excluding hydrogens is 508 g/mol. The summed E-state index contributed by atoms with van der Waals surface area (Å²) in [6.07, 6.45) is 4.81. The molecule has 40 heavy (non-hydrogen) atoms. The van der Waals surface area contributed by atoms with Gasteiger partial charge in [-0.2, -0.15) is 5.21 Å². The number of nitrogens with one attached hydrogen (secondary N) is 1. The van der Waals surface area contributed by atoms with Crippen molar-refractivity contribution in [3.8, 4) is 22.5 Å². The zero-order valence-corrected chi connectivity index (χ0v) is 22.9. The number of benzene rings is 2. The molecule has 0 spiro atoms. The van der Waals surface area contributed by atoms with Crippen molar-refractivity contribution in [1.82, 2.24) is 39.3 Å². The lowest BCUT2D eigenvalue weighted by Gasteiger charge is -2.22. The molecule has 1 N–H and O–H groups in total. The lowest BCUT2D eigenvalue weighted by Crippen LogP contribution is -2.41. The molecule has 1 saturated carbocycles. The monoisotopic (exact) mass is 540 g/mol. The molecule has 5 aromatic rings. The smallest absolute Gasteiger partial charge is 0.334 e. The van der Waals surface area contributed by atoms with Gasteiger partial charge in [-0.05, 0) is 41.7 Å². The Labute approximate surface area is 230 Å². The van der Waals surface area contributed by atoms with Crippen LogP contribution >= 0.6 is 0 Å². The molecule has 0 amide bonds. The van der Waals surface area contributed by atoms with E-state index in [4.69, 9.17) is 9.72 Å². The van der Waals surface area contributed by atoms with Crippen LogP contribution in [0, 0.1) is 0 Å². The molecule has 3 aromatic heterocycles. The van der Waals surface area contributed by atoms with E-state index in [0.717, 1.165) is 53.8 Å². The van der Waals surface area contributed by atoms with Crippen LogP contribution in [0.1, 0.15) is 62.6 Å². The van der Waals surface area contributed by atoms with Crippen LogP contribution in [0.5, 0.6) is 0 Å². The standard InChI is InChI=1S/C29H32N8O3/c1-18(40-3)37-28(38)24-27(35(2)29(37)39)30-26(21-9-5-4-6-10-21)36(24)17-19-13-15-20(16-14-19)22-11-7-8-12-23(22)25-31-33-34-32-25/h7-8,11-16,18,21H,4-6,9-10,17H2,1-3H3,(H,31,32,33,34). The number of aromatic nitrogens is 8. The highest BCUT2D eigenvalue weighted by Gasteiger charge is 2.27. The van der Waals surface area contributed by atoms with E-state index in [0.29, 0.717) is 23.5 Å². The minimum Gasteiger partial charge on any atom is -0.361 e. The number of methoxy groups -OCH3 is 1. The molecule has 1 atom stereocenters. The van der Waals surface area contributed by atoms with Gasteiger partial charge < -0.3 is 9.30 Å². The van der Waals surface area contributed by atoms with Crippen LogP contribution in [0.15, 0.2) is 58.1 Å². The highest BCUT2D eigenvalue weighted by molar-refractivity contribution is 5.80. The highest BCUT2D eigenvalue weighted by atomic mass is 16.5. The molecule has 1 fully saturated rings. The molecule has 0 aliphatic heterocycles. The maximum atomic E-state index is 13.8. The predicted octanol–water partition coefficient (Wildman–Crippen LogP) is 4.00. The van der Waals surface area contributed by atoms with Gasteiger partial charge in [0, 0.05) is 32.2 Å². The normalized spacial score (nSPS) is 15.1. The Hall–Kier alpha value is -4.38. The summed E-state index contributed by atoms with van der Waals surface area (Å²) in [6.45, 7) is 2.16. The number of tetrazole rings is 1. The summed E-state index contributed by atoms with van der Waals surface area (Å²) >= 11 is 0. The van der Waals surface area contributed by atoms with Crippen molar-refractivity contribution in [2.45, 2.75) is 57.7 Å². The van der Waals surface area contributed by atoms with Gasteiger partial charge in [0.15, 0.2) is 11.2 Å². The van der Waals surface area contributed by atoms with Gasteiger partial charge in [0.2, 0.25) is 5.82 Å². The maximum absolute atomic E-state index is 13.8. The Morgan fingerprint density at radius 1 is 1.02 bits per heavy atom. The number of hydrogen-bond acceptors (Lipinski definition) is 7. The first-order chi connectivity index (χ1) is 19.5. The van der Waals surface area contributed by atoms with Gasteiger partial charge in [-0.15, -0.1) is 10.2 Å². The summed E-state index contributed by atoms with van der Waals surface area (Å²) in [5, 5.41) is 14.5. The van der Waals surface area contributed by atoms with Crippen LogP contribution in [0.4, 0.5) is 0 Å². The third-order valence-electron chi connectivity index (χ3n) is 8.00. The Kier molecular flexibility index (Phi) is 6.89. The SMILES string of the molecule is COC(C)n1c(=O)c2c(nc(C3CCCCC3)n2Cc2ccc(-c3ccccc3-c3nn[nH]n3)cc2)n(C)c1=O. The second-order valence-electron chi connectivity index (χ2n) is 10.4. The molecule has 0 bridgehead atoms. The summed E-state index contributed by atoms with van der Waals surface area (Å²) in [5.41, 5.74) is 3.96. The molecule has 6 rings (SSSR count). The number of aromatic amines is 1. The van der Waals surface area contributed by atoms with Crippen LogP contribution in [-0.2, 0) is 18.3 Å². The van der Waals surface area contributed by atoms with E-state index in [-0.39, 0.29) is 11.5 Å². The quantitative estimate of drug-likeness (QED) is 0.331. The van der Waals surface area contributed by atoms with Gasteiger partial charge in [-0.3, -0.25) is 9.36 Å². The van der Waals surface area contributed by atoms with Crippen molar-refractivity contribution in [3.63, 3.8) is 0 Å². The molecule has 0 radical (unpaired) electrons. The van der Waals surface area contributed by atoms with Gasteiger partial charge in [0.25, 0.3) is 5.56 Å². The molecule has 11 nitrogen and oxygen atoms in total. The molecule has 0 saturated heterocycles. The minimum atomic E-state index is -0.698. The molecule has 1 aliphatic carbocycles. The van der Waals surface area contributed by atoms with Gasteiger partial charge in [-0.25, -0.2) is 14.3 Å². The fraction of sp³-hybridized carbons (Fsp3) is 0.379. The average Bonchev–Trinajstić information content (AvgIpc) is 3.66. The fourth-order valence-electron chi connectivity index (χ4n) is 5.79. The topological polar surface area (TPSA) is 126 Å². The number of aryl methyl sites for hydroxylation is 1. The summed E-state index contributed by atoms with van der Waals surface area (Å²) < 4.78 is 10.0. The largest absolute Gasteiger partial charge is 0.361 e. The molecule has 11 heteroatoms. The van der Waals surface area contributed by atoms with Crippen LogP contribution in [0.3, 0.4) is 0 Å². The summed E-state index contributed by atoms with van der Waals surface area (Å²) in [6, 6.07) is 16.2. The first-order valence-corrected chi connectivity index (χ1v) is 13.6. The summed E-state index contributed by atoms with van der Waals surface area (Å²) in [5.74, 6) is 1.65. The van der Waals surface area contributed by atoms with E-state index in [2.05, 4.69) is 44.9 Å². The number of nitrogens with zero attached hydrogens (tertiary/aromatic N) is 7. The third kappa shape index (κ3) is 4.45. The lowest BCUT2D eigenvalue weighted by atomic mass is 9.88. The number of imidazole rings is 1. The van der Waals surface area contributed by atoms with Crippen molar-refractivity contribution in [3.05, 3.63) is 80.8 Å². The lowest BCUT2D eigenvalue weighted by molar-refractivity contribution is 0.0533. The van der Waals surface area contributed by atoms with Gasteiger partial charge in [0.1, 0.15) is 12.1 Å². The molecule has 1 unspecified atom stereocenters. The molecule has 1 aliphatic rings. The van der Waals surface area contributed by atoms with E-state index in [9.17, 15) is 9.59 Å². The van der Waals surface area contributed by atoms with Gasteiger partial charge in [-0.1, -0.05) is 67.8 Å². The zero-order valence-electron chi connectivity index (χ0n) is 22.9. The van der Waals surface area contributed by atoms with E-state index >= 15 is 0 Å². The molecule has 3 heterocycles. The van der Waals surface area contributed by atoms with Crippen molar-refractivity contribution in [2.24, 2.45) is 7.05 Å². The molecule has 2 aromatic carbocycles. The van der Waals surface area contributed by atoms with Crippen molar-refractivity contribution >= 4 is 11.2 Å². The second kappa shape index (κ2) is 10.6. The van der Waals surface area contributed by atoms with Crippen molar-refractivity contribution in [1.29, 1.82) is 0 Å². The number of rotatable bonds is 7.